The van der Waals surface area contributed by atoms with Crippen LogP contribution in [0.4, 0.5) is 5.13 Å². The molecule has 1 rings (SSSR count). The number of likely N-dealkylation sites (N-methyl/N-ethyl adjacent to an activating group) is 1. The van der Waals surface area contributed by atoms with Gasteiger partial charge in [0, 0.05) is 32.2 Å². The van der Waals surface area contributed by atoms with E-state index in [0.717, 1.165) is 5.13 Å². The number of aromatic nitrogens is 2. The quantitative estimate of drug-likeness (QED) is 0.729. The standard InChI is InChI=1S/C7H13N3O2S/c1-10(3-6(11)4-12-2)7-8-5-9-13-7/h5-6,11H,3-4H2,1-2H3. The first kappa shape index (κ1) is 10.4. The van der Waals surface area contributed by atoms with E-state index in [4.69, 9.17) is 4.74 Å². The Balaban J connectivity index is 2.37. The predicted octanol–water partition coefficient (Wildman–Crippen LogP) is -0.0184. The zero-order valence-electron chi connectivity index (χ0n) is 7.67. The lowest BCUT2D eigenvalue weighted by atomic mass is 10.3. The SMILES string of the molecule is COCC(O)CN(C)c1ncns1. The zero-order chi connectivity index (χ0) is 9.68. The molecule has 0 saturated carbocycles. The molecule has 0 aliphatic carbocycles. The van der Waals surface area contributed by atoms with Crippen molar-refractivity contribution >= 4 is 16.7 Å². The van der Waals surface area contributed by atoms with Gasteiger partial charge in [-0.3, -0.25) is 0 Å². The van der Waals surface area contributed by atoms with Crippen molar-refractivity contribution in [2.24, 2.45) is 0 Å². The van der Waals surface area contributed by atoms with Gasteiger partial charge in [0.05, 0.1) is 12.7 Å². The highest BCUT2D eigenvalue weighted by Crippen LogP contribution is 2.12. The molecule has 0 aliphatic rings. The van der Waals surface area contributed by atoms with Crippen molar-refractivity contribution in [2.45, 2.75) is 6.10 Å². The van der Waals surface area contributed by atoms with Crippen LogP contribution in [0, 0.1) is 0 Å². The van der Waals surface area contributed by atoms with Crippen LogP contribution in [0.3, 0.4) is 0 Å². The maximum atomic E-state index is 9.41. The Bertz CT molecular complexity index is 230. The first-order valence-corrected chi connectivity index (χ1v) is 4.66. The molecular formula is C7H13N3O2S. The van der Waals surface area contributed by atoms with E-state index < -0.39 is 6.10 Å². The molecule has 0 bridgehead atoms. The maximum Gasteiger partial charge on any atom is 0.204 e. The van der Waals surface area contributed by atoms with E-state index in [1.807, 2.05) is 11.9 Å². The zero-order valence-corrected chi connectivity index (χ0v) is 8.49. The number of anilines is 1. The molecule has 1 aromatic rings. The number of hydrogen-bond donors (Lipinski definition) is 1. The molecule has 1 atom stereocenters. The molecule has 13 heavy (non-hydrogen) atoms. The number of methoxy groups -OCH3 is 1. The van der Waals surface area contributed by atoms with Gasteiger partial charge in [0.1, 0.15) is 6.33 Å². The van der Waals surface area contributed by atoms with E-state index in [0.29, 0.717) is 13.2 Å². The molecule has 1 aromatic heterocycles. The van der Waals surface area contributed by atoms with Crippen LogP contribution in [-0.2, 0) is 4.74 Å². The van der Waals surface area contributed by atoms with Crippen molar-refractivity contribution in [3.63, 3.8) is 0 Å². The van der Waals surface area contributed by atoms with Crippen LogP contribution in [-0.4, -0.2) is 47.9 Å². The molecule has 1 heterocycles. The molecule has 0 aliphatic heterocycles. The Morgan fingerprint density at radius 3 is 3.08 bits per heavy atom. The van der Waals surface area contributed by atoms with Gasteiger partial charge in [0.25, 0.3) is 0 Å². The lowest BCUT2D eigenvalue weighted by molar-refractivity contribution is 0.0695. The number of nitrogens with zero attached hydrogens (tertiary/aromatic N) is 3. The van der Waals surface area contributed by atoms with Gasteiger partial charge in [0.2, 0.25) is 5.13 Å². The van der Waals surface area contributed by atoms with E-state index in [9.17, 15) is 5.11 Å². The summed E-state index contributed by atoms with van der Waals surface area (Å²) in [6.45, 7) is 0.839. The van der Waals surface area contributed by atoms with Gasteiger partial charge in [-0.05, 0) is 0 Å². The first-order chi connectivity index (χ1) is 6.24. The highest BCUT2D eigenvalue weighted by molar-refractivity contribution is 7.09. The third-order valence-corrected chi connectivity index (χ3v) is 2.30. The largest absolute Gasteiger partial charge is 0.389 e. The maximum absolute atomic E-state index is 9.41. The molecule has 1 unspecified atom stereocenters. The average Bonchev–Trinajstić information content (AvgIpc) is 2.55. The van der Waals surface area contributed by atoms with E-state index >= 15 is 0 Å². The number of ether oxygens (including phenoxy) is 1. The molecule has 0 spiro atoms. The van der Waals surface area contributed by atoms with Crippen LogP contribution in [0.25, 0.3) is 0 Å². The van der Waals surface area contributed by atoms with Crippen LogP contribution in [0.1, 0.15) is 0 Å². The average molecular weight is 203 g/mol. The summed E-state index contributed by atoms with van der Waals surface area (Å²) in [5, 5.41) is 10.2. The third kappa shape index (κ3) is 3.25. The Hall–Kier alpha value is -0.720. The van der Waals surface area contributed by atoms with Crippen molar-refractivity contribution in [2.75, 3.05) is 32.2 Å². The second kappa shape index (κ2) is 5.11. The van der Waals surface area contributed by atoms with Crippen molar-refractivity contribution in [3.8, 4) is 0 Å². The highest BCUT2D eigenvalue weighted by Gasteiger charge is 2.10. The summed E-state index contributed by atoms with van der Waals surface area (Å²) in [5.74, 6) is 0. The van der Waals surface area contributed by atoms with E-state index in [2.05, 4.69) is 9.36 Å². The Kier molecular flexibility index (Phi) is 4.07. The smallest absolute Gasteiger partial charge is 0.204 e. The monoisotopic (exact) mass is 203 g/mol. The number of hydrogen-bond acceptors (Lipinski definition) is 6. The van der Waals surface area contributed by atoms with Gasteiger partial charge in [-0.1, -0.05) is 0 Å². The van der Waals surface area contributed by atoms with Gasteiger partial charge >= 0.3 is 0 Å². The van der Waals surface area contributed by atoms with Crippen LogP contribution < -0.4 is 4.90 Å². The second-order valence-electron chi connectivity index (χ2n) is 2.71. The van der Waals surface area contributed by atoms with Crippen LogP contribution >= 0.6 is 11.5 Å². The van der Waals surface area contributed by atoms with Crippen LogP contribution in [0.2, 0.25) is 0 Å². The number of rotatable bonds is 5. The molecule has 74 valence electrons. The molecule has 0 radical (unpaired) electrons. The lowest BCUT2D eigenvalue weighted by Gasteiger charge is -2.18. The summed E-state index contributed by atoms with van der Waals surface area (Å²) in [6.07, 6.45) is 1.01. The van der Waals surface area contributed by atoms with Crippen molar-refractivity contribution in [1.29, 1.82) is 0 Å². The molecule has 0 amide bonds. The van der Waals surface area contributed by atoms with Gasteiger partial charge in [-0.15, -0.1) is 0 Å². The number of aliphatic hydroxyl groups excluding tert-OH is 1. The fraction of sp³-hybridized carbons (Fsp3) is 0.714. The molecule has 0 saturated heterocycles. The van der Waals surface area contributed by atoms with Crippen molar-refractivity contribution < 1.29 is 9.84 Å². The molecule has 0 aromatic carbocycles. The van der Waals surface area contributed by atoms with Crippen molar-refractivity contribution in [1.82, 2.24) is 9.36 Å². The van der Waals surface area contributed by atoms with Crippen molar-refractivity contribution in [3.05, 3.63) is 6.33 Å². The fourth-order valence-electron chi connectivity index (χ4n) is 0.975. The molecular weight excluding hydrogens is 190 g/mol. The summed E-state index contributed by atoms with van der Waals surface area (Å²) in [4.78, 5) is 5.86. The summed E-state index contributed by atoms with van der Waals surface area (Å²) in [7, 11) is 3.42. The van der Waals surface area contributed by atoms with E-state index in [1.165, 1.54) is 17.9 Å². The minimum absolute atomic E-state index is 0.336. The Labute approximate surface area is 81.1 Å². The van der Waals surface area contributed by atoms with E-state index in [1.54, 1.807) is 7.11 Å². The fourth-order valence-corrected chi connectivity index (χ4v) is 1.47. The first-order valence-electron chi connectivity index (χ1n) is 3.89. The normalized spacial score (nSPS) is 12.8. The third-order valence-electron chi connectivity index (χ3n) is 1.52. The summed E-state index contributed by atoms with van der Waals surface area (Å²) >= 11 is 1.30. The number of aliphatic hydroxyl groups is 1. The van der Waals surface area contributed by atoms with Crippen LogP contribution in [0.5, 0.6) is 0 Å². The highest BCUT2D eigenvalue weighted by atomic mass is 32.1. The Morgan fingerprint density at radius 2 is 2.54 bits per heavy atom. The van der Waals surface area contributed by atoms with Gasteiger partial charge in [-0.25, -0.2) is 4.98 Å². The molecule has 6 heteroatoms. The predicted molar refractivity (Wildman–Crippen MR) is 51.1 cm³/mol. The minimum Gasteiger partial charge on any atom is -0.389 e. The second-order valence-corrected chi connectivity index (χ2v) is 3.47. The summed E-state index contributed by atoms with van der Waals surface area (Å²) in [6, 6.07) is 0. The van der Waals surface area contributed by atoms with Gasteiger partial charge < -0.3 is 14.7 Å². The molecule has 1 N–H and O–H groups in total. The molecule has 0 fully saturated rings. The Morgan fingerprint density at radius 1 is 1.77 bits per heavy atom. The van der Waals surface area contributed by atoms with Gasteiger partial charge in [0.15, 0.2) is 0 Å². The lowest BCUT2D eigenvalue weighted by Crippen LogP contribution is -2.31. The minimum atomic E-state index is -0.487. The van der Waals surface area contributed by atoms with Gasteiger partial charge in [-0.2, -0.15) is 4.37 Å². The van der Waals surface area contributed by atoms with Crippen LogP contribution in [0.15, 0.2) is 6.33 Å². The summed E-state index contributed by atoms with van der Waals surface area (Å²) < 4.78 is 8.69. The topological polar surface area (TPSA) is 58.5 Å². The van der Waals surface area contributed by atoms with E-state index in [-0.39, 0.29) is 0 Å². The molecule has 5 nitrogen and oxygen atoms in total. The summed E-state index contributed by atoms with van der Waals surface area (Å²) in [5.41, 5.74) is 0.